The van der Waals surface area contributed by atoms with Gasteiger partial charge in [0, 0.05) is 12.2 Å². The molecule has 0 radical (unpaired) electrons. The van der Waals surface area contributed by atoms with Gasteiger partial charge in [0.05, 0.1) is 0 Å². The van der Waals surface area contributed by atoms with Crippen LogP contribution in [0.1, 0.15) is 37.0 Å². The summed E-state index contributed by atoms with van der Waals surface area (Å²) in [5.41, 5.74) is 0.167. The number of ether oxygens (including phenoxy) is 2. The van der Waals surface area contributed by atoms with E-state index in [0.717, 1.165) is 12.8 Å². The first kappa shape index (κ1) is 18.4. The standard InChI is InChI=1S/C19H22N2O4/c1-3-8-14(2)21-17(22)13-24-19(23)16-11-7-12-20-18(16)25-15-9-5-4-6-10-15/h4-7,9-12,14H,3,8,13H2,1-2H3,(H,21,22)/t14-/m0/s1. The number of benzene rings is 1. The van der Waals surface area contributed by atoms with Crippen LogP contribution in [-0.2, 0) is 9.53 Å². The Kier molecular flexibility index (Phi) is 6.95. The highest BCUT2D eigenvalue weighted by atomic mass is 16.5. The summed E-state index contributed by atoms with van der Waals surface area (Å²) < 4.78 is 10.7. The Balaban J connectivity index is 1.96. The number of amides is 1. The van der Waals surface area contributed by atoms with Crippen molar-refractivity contribution in [3.8, 4) is 11.6 Å². The fourth-order valence-electron chi connectivity index (χ4n) is 2.26. The number of para-hydroxylation sites is 1. The number of carbonyl (C=O) groups is 2. The van der Waals surface area contributed by atoms with Crippen LogP contribution < -0.4 is 10.1 Å². The molecule has 1 atom stereocenters. The van der Waals surface area contributed by atoms with Crippen molar-refractivity contribution in [2.75, 3.05) is 6.61 Å². The highest BCUT2D eigenvalue weighted by Gasteiger charge is 2.17. The third-order valence-electron chi connectivity index (χ3n) is 3.41. The van der Waals surface area contributed by atoms with Crippen molar-refractivity contribution in [2.45, 2.75) is 32.7 Å². The maximum Gasteiger partial charge on any atom is 0.344 e. The van der Waals surface area contributed by atoms with Gasteiger partial charge in [0.1, 0.15) is 11.3 Å². The van der Waals surface area contributed by atoms with Crippen LogP contribution in [0.4, 0.5) is 0 Å². The average molecular weight is 342 g/mol. The van der Waals surface area contributed by atoms with E-state index in [1.165, 1.54) is 6.20 Å². The van der Waals surface area contributed by atoms with Gasteiger partial charge in [-0.1, -0.05) is 31.5 Å². The topological polar surface area (TPSA) is 77.5 Å². The average Bonchev–Trinajstić information content (AvgIpc) is 2.61. The lowest BCUT2D eigenvalue weighted by atomic mass is 10.2. The third-order valence-corrected chi connectivity index (χ3v) is 3.41. The predicted molar refractivity (Wildman–Crippen MR) is 93.5 cm³/mol. The van der Waals surface area contributed by atoms with Crippen molar-refractivity contribution in [3.05, 3.63) is 54.2 Å². The van der Waals surface area contributed by atoms with Crippen LogP contribution in [0, 0.1) is 0 Å². The number of rotatable bonds is 8. The van der Waals surface area contributed by atoms with Crippen LogP contribution in [0.25, 0.3) is 0 Å². The minimum atomic E-state index is -0.655. The minimum absolute atomic E-state index is 0.0477. The molecule has 0 fully saturated rings. The first-order valence-corrected chi connectivity index (χ1v) is 8.24. The van der Waals surface area contributed by atoms with Crippen molar-refractivity contribution in [2.24, 2.45) is 0 Å². The third kappa shape index (κ3) is 5.91. The summed E-state index contributed by atoms with van der Waals surface area (Å²) in [5.74, 6) is -0.291. The highest BCUT2D eigenvalue weighted by Crippen LogP contribution is 2.23. The summed E-state index contributed by atoms with van der Waals surface area (Å²) in [7, 11) is 0. The van der Waals surface area contributed by atoms with Gasteiger partial charge in [-0.15, -0.1) is 0 Å². The zero-order valence-corrected chi connectivity index (χ0v) is 14.4. The second-order valence-electron chi connectivity index (χ2n) is 5.60. The van der Waals surface area contributed by atoms with Crippen LogP contribution >= 0.6 is 0 Å². The summed E-state index contributed by atoms with van der Waals surface area (Å²) in [6.07, 6.45) is 3.36. The Bertz CT molecular complexity index is 704. The molecule has 0 bridgehead atoms. The molecule has 2 aromatic rings. The predicted octanol–water partition coefficient (Wildman–Crippen LogP) is 3.34. The van der Waals surface area contributed by atoms with E-state index in [0.29, 0.717) is 5.75 Å². The fourth-order valence-corrected chi connectivity index (χ4v) is 2.26. The maximum absolute atomic E-state index is 12.2. The SMILES string of the molecule is CCC[C@H](C)NC(=O)COC(=O)c1cccnc1Oc1ccccc1. The van der Waals surface area contributed by atoms with E-state index < -0.39 is 5.97 Å². The molecule has 2 rings (SSSR count). The van der Waals surface area contributed by atoms with Crippen molar-refractivity contribution in [1.29, 1.82) is 0 Å². The molecule has 6 heteroatoms. The molecule has 0 saturated carbocycles. The number of pyridine rings is 1. The smallest absolute Gasteiger partial charge is 0.344 e. The van der Waals surface area contributed by atoms with Crippen LogP contribution in [0.5, 0.6) is 11.6 Å². The minimum Gasteiger partial charge on any atom is -0.452 e. The van der Waals surface area contributed by atoms with E-state index in [2.05, 4.69) is 10.3 Å². The Morgan fingerprint density at radius 2 is 1.92 bits per heavy atom. The summed E-state index contributed by atoms with van der Waals surface area (Å²) >= 11 is 0. The Labute approximate surface area is 147 Å². The van der Waals surface area contributed by atoms with E-state index in [4.69, 9.17) is 9.47 Å². The Morgan fingerprint density at radius 3 is 2.64 bits per heavy atom. The maximum atomic E-state index is 12.2. The quantitative estimate of drug-likeness (QED) is 0.745. The van der Waals surface area contributed by atoms with E-state index in [-0.39, 0.29) is 30.0 Å². The molecule has 0 saturated heterocycles. The monoisotopic (exact) mass is 342 g/mol. The molecule has 0 aliphatic rings. The lowest BCUT2D eigenvalue weighted by Gasteiger charge is -2.13. The first-order chi connectivity index (χ1) is 12.1. The molecule has 1 aromatic heterocycles. The molecule has 132 valence electrons. The van der Waals surface area contributed by atoms with Gasteiger partial charge in [0.15, 0.2) is 6.61 Å². The van der Waals surface area contributed by atoms with Gasteiger partial charge in [0.25, 0.3) is 5.91 Å². The fraction of sp³-hybridized carbons (Fsp3) is 0.316. The second-order valence-corrected chi connectivity index (χ2v) is 5.60. The van der Waals surface area contributed by atoms with Crippen LogP contribution in [0.3, 0.4) is 0 Å². The Hall–Kier alpha value is -2.89. The van der Waals surface area contributed by atoms with E-state index >= 15 is 0 Å². The van der Waals surface area contributed by atoms with Gasteiger partial charge in [-0.05, 0) is 37.6 Å². The number of carbonyl (C=O) groups excluding carboxylic acids is 2. The molecule has 1 amide bonds. The molecule has 1 aromatic carbocycles. The van der Waals surface area contributed by atoms with Crippen LogP contribution in [0.15, 0.2) is 48.7 Å². The summed E-state index contributed by atoms with van der Waals surface area (Å²) in [5, 5.41) is 2.78. The Morgan fingerprint density at radius 1 is 1.16 bits per heavy atom. The van der Waals surface area contributed by atoms with E-state index in [9.17, 15) is 9.59 Å². The van der Waals surface area contributed by atoms with Crippen LogP contribution in [-0.4, -0.2) is 29.5 Å². The highest BCUT2D eigenvalue weighted by molar-refractivity contribution is 5.93. The number of aromatic nitrogens is 1. The molecule has 0 spiro atoms. The molecule has 0 unspecified atom stereocenters. The van der Waals surface area contributed by atoms with E-state index in [1.54, 1.807) is 24.3 Å². The molecule has 6 nitrogen and oxygen atoms in total. The molecule has 25 heavy (non-hydrogen) atoms. The van der Waals surface area contributed by atoms with Gasteiger partial charge in [-0.3, -0.25) is 4.79 Å². The zero-order valence-electron chi connectivity index (χ0n) is 14.4. The molecule has 1 N–H and O–H groups in total. The van der Waals surface area contributed by atoms with Gasteiger partial charge in [0.2, 0.25) is 5.88 Å². The number of esters is 1. The number of hydrogen-bond donors (Lipinski definition) is 1. The summed E-state index contributed by atoms with van der Waals surface area (Å²) in [6, 6.07) is 12.2. The van der Waals surface area contributed by atoms with Gasteiger partial charge < -0.3 is 14.8 Å². The normalized spacial score (nSPS) is 11.4. The van der Waals surface area contributed by atoms with E-state index in [1.807, 2.05) is 32.0 Å². The lowest BCUT2D eigenvalue weighted by molar-refractivity contribution is -0.124. The number of hydrogen-bond acceptors (Lipinski definition) is 5. The molecular formula is C19H22N2O4. The van der Waals surface area contributed by atoms with Crippen LogP contribution in [0.2, 0.25) is 0 Å². The molecule has 0 aliphatic carbocycles. The van der Waals surface area contributed by atoms with Crippen molar-refractivity contribution >= 4 is 11.9 Å². The molecular weight excluding hydrogens is 320 g/mol. The lowest BCUT2D eigenvalue weighted by Crippen LogP contribution is -2.35. The largest absolute Gasteiger partial charge is 0.452 e. The zero-order chi connectivity index (χ0) is 18.1. The second kappa shape index (κ2) is 9.42. The van der Waals surface area contributed by atoms with Gasteiger partial charge in [-0.2, -0.15) is 0 Å². The van der Waals surface area contributed by atoms with Crippen molar-refractivity contribution < 1.29 is 19.1 Å². The number of nitrogens with one attached hydrogen (secondary N) is 1. The summed E-state index contributed by atoms with van der Waals surface area (Å²) in [4.78, 5) is 28.1. The molecule has 0 aliphatic heterocycles. The van der Waals surface area contributed by atoms with Gasteiger partial charge >= 0.3 is 5.97 Å². The van der Waals surface area contributed by atoms with Gasteiger partial charge in [-0.25, -0.2) is 9.78 Å². The number of nitrogens with zero attached hydrogens (tertiary/aromatic N) is 1. The first-order valence-electron chi connectivity index (χ1n) is 8.24. The van der Waals surface area contributed by atoms with Crippen molar-refractivity contribution in [1.82, 2.24) is 10.3 Å². The summed E-state index contributed by atoms with van der Waals surface area (Å²) in [6.45, 7) is 3.61. The molecule has 1 heterocycles. The van der Waals surface area contributed by atoms with Crippen molar-refractivity contribution in [3.63, 3.8) is 0 Å².